The Morgan fingerprint density at radius 3 is 2.61 bits per heavy atom. The molecule has 0 radical (unpaired) electrons. The Hall–Kier alpha value is -3.98. The van der Waals surface area contributed by atoms with Gasteiger partial charge in [-0.25, -0.2) is 4.98 Å². The van der Waals surface area contributed by atoms with E-state index < -0.39 is 17.7 Å². The summed E-state index contributed by atoms with van der Waals surface area (Å²) in [6.07, 6.45) is 5.69. The van der Waals surface area contributed by atoms with E-state index in [1.54, 1.807) is 36.8 Å². The fraction of sp³-hybridized carbons (Fsp3) is 0.269. The summed E-state index contributed by atoms with van der Waals surface area (Å²) in [6, 6.07) is 8.33. The number of phenols is 1. The molecule has 1 fully saturated rings. The van der Waals surface area contributed by atoms with Gasteiger partial charge in [-0.05, 0) is 49.2 Å². The zero-order chi connectivity index (χ0) is 25.8. The van der Waals surface area contributed by atoms with Crippen LogP contribution < -0.4 is 9.47 Å². The molecule has 10 heteroatoms. The van der Waals surface area contributed by atoms with Gasteiger partial charge >= 0.3 is 0 Å². The van der Waals surface area contributed by atoms with Crippen molar-refractivity contribution in [2.45, 2.75) is 25.9 Å². The molecule has 3 aromatic rings. The average molecular weight is 512 g/mol. The van der Waals surface area contributed by atoms with Gasteiger partial charge in [-0.1, -0.05) is 17.7 Å². The smallest absolute Gasteiger partial charge is 0.295 e. The minimum atomic E-state index is -0.896. The average Bonchev–Trinajstić information content (AvgIpc) is 3.47. The third-order valence-electron chi connectivity index (χ3n) is 5.94. The number of aryl methyl sites for hydroxylation is 1. The molecule has 0 spiro atoms. The number of likely N-dealkylation sites (tertiary alicyclic amines) is 1. The molecule has 1 unspecified atom stereocenters. The zero-order valence-corrected chi connectivity index (χ0v) is 20.6. The molecule has 36 heavy (non-hydrogen) atoms. The van der Waals surface area contributed by atoms with Crippen molar-refractivity contribution in [2.75, 3.05) is 20.3 Å². The van der Waals surface area contributed by atoms with Gasteiger partial charge in [0.25, 0.3) is 11.7 Å². The number of imidazole rings is 1. The van der Waals surface area contributed by atoms with Crippen molar-refractivity contribution in [3.05, 3.63) is 76.8 Å². The van der Waals surface area contributed by atoms with Crippen LogP contribution in [0.15, 0.2) is 60.7 Å². The lowest BCUT2D eigenvalue weighted by molar-refractivity contribution is -0.139. The lowest BCUT2D eigenvalue weighted by Gasteiger charge is -2.26. The van der Waals surface area contributed by atoms with E-state index in [0.717, 1.165) is 0 Å². The maximum absolute atomic E-state index is 13.2. The van der Waals surface area contributed by atoms with Gasteiger partial charge < -0.3 is 29.2 Å². The number of rotatable bonds is 9. The first-order valence-electron chi connectivity index (χ1n) is 11.4. The molecular weight excluding hydrogens is 486 g/mol. The van der Waals surface area contributed by atoms with Gasteiger partial charge in [0.05, 0.1) is 36.7 Å². The van der Waals surface area contributed by atoms with E-state index in [1.165, 1.54) is 24.1 Å². The number of amides is 1. The molecule has 2 N–H and O–H groups in total. The summed E-state index contributed by atoms with van der Waals surface area (Å²) >= 11 is 6.31. The zero-order valence-electron chi connectivity index (χ0n) is 19.8. The number of Topliss-reactive ketones (excluding diaryl/α,β-unsaturated/α-hetero) is 1. The number of nitrogens with zero attached hydrogens (tertiary/aromatic N) is 3. The molecule has 1 aromatic heterocycles. The number of methoxy groups -OCH3 is 1. The Morgan fingerprint density at radius 2 is 1.94 bits per heavy atom. The number of hydrogen-bond acceptors (Lipinski definition) is 7. The number of hydrogen-bond donors (Lipinski definition) is 2. The van der Waals surface area contributed by atoms with Gasteiger partial charge in [-0.2, -0.15) is 0 Å². The first kappa shape index (κ1) is 25.1. The predicted octanol–water partition coefficient (Wildman–Crippen LogP) is 4.16. The monoisotopic (exact) mass is 511 g/mol. The van der Waals surface area contributed by atoms with Crippen LogP contribution >= 0.6 is 11.6 Å². The molecule has 1 saturated heterocycles. The Bertz CT molecular complexity index is 1310. The second-order valence-electron chi connectivity index (χ2n) is 8.16. The number of aromatic hydroxyl groups is 1. The highest BCUT2D eigenvalue weighted by molar-refractivity contribution is 6.46. The summed E-state index contributed by atoms with van der Waals surface area (Å²) in [7, 11) is 1.41. The number of phenolic OH excluding ortho intramolecular Hbond substituents is 1. The van der Waals surface area contributed by atoms with Crippen LogP contribution in [-0.4, -0.2) is 56.6 Å². The highest BCUT2D eigenvalue weighted by Crippen LogP contribution is 2.42. The second-order valence-corrected chi connectivity index (χ2v) is 8.56. The minimum absolute atomic E-state index is 0.0735. The van der Waals surface area contributed by atoms with Crippen LogP contribution in [0.4, 0.5) is 0 Å². The second kappa shape index (κ2) is 10.7. The van der Waals surface area contributed by atoms with Crippen molar-refractivity contribution < 1.29 is 29.3 Å². The molecule has 1 aliphatic rings. The van der Waals surface area contributed by atoms with Gasteiger partial charge in [0.2, 0.25) is 0 Å². The summed E-state index contributed by atoms with van der Waals surface area (Å²) in [4.78, 5) is 31.8. The Morgan fingerprint density at radius 1 is 1.14 bits per heavy atom. The molecule has 0 aliphatic carbocycles. The standard InChI is InChI=1S/C26H26ClN3O6/c1-3-36-20-8-6-17(13-18(20)27)24(32)22-23(16-5-7-19(31)21(14-16)35-2)30(26(34)25(22)33)11-4-10-29-12-9-28-15-29/h5-9,12-15,23,31-32H,3-4,10-11H2,1-2H3/b24-22+. The van der Waals surface area contributed by atoms with Crippen LogP contribution in [0.2, 0.25) is 5.02 Å². The molecule has 2 heterocycles. The van der Waals surface area contributed by atoms with E-state index >= 15 is 0 Å². The number of benzene rings is 2. The van der Waals surface area contributed by atoms with E-state index in [2.05, 4.69) is 4.98 Å². The molecule has 4 rings (SSSR count). The van der Waals surface area contributed by atoms with Gasteiger partial charge in [0, 0.05) is 31.0 Å². The highest BCUT2D eigenvalue weighted by atomic mass is 35.5. The van der Waals surface area contributed by atoms with Crippen molar-refractivity contribution in [2.24, 2.45) is 0 Å². The molecule has 1 aliphatic heterocycles. The number of ether oxygens (including phenoxy) is 2. The quantitative estimate of drug-likeness (QED) is 0.252. The van der Waals surface area contributed by atoms with Crippen LogP contribution in [0.5, 0.6) is 17.2 Å². The van der Waals surface area contributed by atoms with Crippen molar-refractivity contribution >= 4 is 29.1 Å². The number of carbonyl (C=O) groups is 2. The molecule has 1 atom stereocenters. The molecule has 1 amide bonds. The molecular formula is C26H26ClN3O6. The van der Waals surface area contributed by atoms with Crippen LogP contribution in [0.1, 0.15) is 30.5 Å². The molecule has 2 aromatic carbocycles. The maximum atomic E-state index is 13.2. The molecule has 0 bridgehead atoms. The third-order valence-corrected chi connectivity index (χ3v) is 6.23. The maximum Gasteiger partial charge on any atom is 0.295 e. The fourth-order valence-corrected chi connectivity index (χ4v) is 4.48. The van der Waals surface area contributed by atoms with E-state index in [1.807, 2.05) is 17.7 Å². The van der Waals surface area contributed by atoms with E-state index in [-0.39, 0.29) is 40.0 Å². The van der Waals surface area contributed by atoms with Crippen LogP contribution in [0, 0.1) is 0 Å². The van der Waals surface area contributed by atoms with Crippen LogP contribution in [-0.2, 0) is 16.1 Å². The van der Waals surface area contributed by atoms with Crippen LogP contribution in [0.3, 0.4) is 0 Å². The van der Waals surface area contributed by atoms with Crippen molar-refractivity contribution in [3.63, 3.8) is 0 Å². The predicted molar refractivity (Wildman–Crippen MR) is 133 cm³/mol. The highest BCUT2D eigenvalue weighted by Gasteiger charge is 2.46. The Labute approximate surface area is 213 Å². The molecule has 9 nitrogen and oxygen atoms in total. The first-order chi connectivity index (χ1) is 17.3. The number of aromatic nitrogens is 2. The fourth-order valence-electron chi connectivity index (χ4n) is 4.24. The van der Waals surface area contributed by atoms with Gasteiger partial charge in [-0.3, -0.25) is 9.59 Å². The number of aliphatic hydroxyl groups is 1. The summed E-state index contributed by atoms with van der Waals surface area (Å²) < 4.78 is 12.6. The number of aliphatic hydroxyl groups excluding tert-OH is 1. The summed E-state index contributed by atoms with van der Waals surface area (Å²) in [5.74, 6) is -1.35. The van der Waals surface area contributed by atoms with Crippen LogP contribution in [0.25, 0.3) is 5.76 Å². The normalized spacial score (nSPS) is 17.0. The van der Waals surface area contributed by atoms with Gasteiger partial charge in [-0.15, -0.1) is 0 Å². The topological polar surface area (TPSA) is 114 Å². The third kappa shape index (κ3) is 4.87. The number of ketones is 1. The molecule has 188 valence electrons. The lowest BCUT2D eigenvalue weighted by atomic mass is 9.95. The summed E-state index contributed by atoms with van der Waals surface area (Å²) in [5.41, 5.74) is 0.705. The number of carbonyl (C=O) groups excluding carboxylic acids is 2. The van der Waals surface area contributed by atoms with E-state index in [0.29, 0.717) is 30.9 Å². The van der Waals surface area contributed by atoms with E-state index in [9.17, 15) is 19.8 Å². The number of halogens is 1. The van der Waals surface area contributed by atoms with E-state index in [4.69, 9.17) is 21.1 Å². The van der Waals surface area contributed by atoms with Crippen molar-refractivity contribution in [1.82, 2.24) is 14.5 Å². The minimum Gasteiger partial charge on any atom is -0.507 e. The van der Waals surface area contributed by atoms with Gasteiger partial charge in [0.1, 0.15) is 11.5 Å². The summed E-state index contributed by atoms with van der Waals surface area (Å²) in [5, 5.41) is 21.6. The Kier molecular flexibility index (Phi) is 7.49. The lowest BCUT2D eigenvalue weighted by Crippen LogP contribution is -2.31. The van der Waals surface area contributed by atoms with Crippen molar-refractivity contribution in [3.8, 4) is 17.2 Å². The van der Waals surface area contributed by atoms with Gasteiger partial charge in [0.15, 0.2) is 11.5 Å². The Balaban J connectivity index is 1.77. The first-order valence-corrected chi connectivity index (χ1v) is 11.8. The summed E-state index contributed by atoms with van der Waals surface area (Å²) in [6.45, 7) is 3.07. The SMILES string of the molecule is CCOc1ccc(/C(O)=C2\C(=O)C(=O)N(CCCn3ccnc3)C2c2ccc(O)c(OC)c2)cc1Cl. The largest absolute Gasteiger partial charge is 0.507 e. The van der Waals surface area contributed by atoms with Crippen molar-refractivity contribution in [1.29, 1.82) is 0 Å². The molecule has 0 saturated carbocycles.